The molecule has 10 aromatic rings. The van der Waals surface area contributed by atoms with Crippen LogP contribution in [0.25, 0.3) is 77.2 Å². The van der Waals surface area contributed by atoms with Gasteiger partial charge < -0.3 is 4.90 Å². The standard InChI is InChI=1S/C59H43N/c1-59(2)55-26-14-13-24-52(55)53-37-36-47(39-56(53)59)60(46-34-32-43(33-35-46)41-18-7-4-8-19-41)57-27-15-25-49(44-30-28-42(29-31-44)40-16-5-3-6-17-40)58(57)54-38-45-20-9-10-21-48(45)50-22-11-12-23-51(50)54/h3-39H,1-2H3. The lowest BCUT2D eigenvalue weighted by atomic mass is 9.82. The van der Waals surface area contributed by atoms with Crippen molar-refractivity contribution in [2.24, 2.45) is 0 Å². The van der Waals surface area contributed by atoms with Crippen molar-refractivity contribution in [3.63, 3.8) is 0 Å². The van der Waals surface area contributed by atoms with Crippen molar-refractivity contribution >= 4 is 38.6 Å². The smallest absolute Gasteiger partial charge is 0.0546 e. The Bertz CT molecular complexity index is 3200. The van der Waals surface area contributed by atoms with Crippen molar-refractivity contribution in [3.8, 4) is 55.6 Å². The minimum absolute atomic E-state index is 0.148. The summed E-state index contributed by atoms with van der Waals surface area (Å²) in [5.41, 5.74) is 18.2. The molecule has 0 bridgehead atoms. The minimum Gasteiger partial charge on any atom is -0.310 e. The second kappa shape index (κ2) is 14.4. The van der Waals surface area contributed by atoms with Crippen LogP contribution in [0.3, 0.4) is 0 Å². The Labute approximate surface area is 352 Å². The van der Waals surface area contributed by atoms with Crippen LogP contribution < -0.4 is 4.90 Å². The summed E-state index contributed by atoms with van der Waals surface area (Å²) in [4.78, 5) is 2.50. The highest BCUT2D eigenvalue weighted by molar-refractivity contribution is 6.16. The van der Waals surface area contributed by atoms with E-state index in [2.05, 4.69) is 243 Å². The van der Waals surface area contributed by atoms with Gasteiger partial charge in [-0.05, 0) is 119 Å². The summed E-state index contributed by atoms with van der Waals surface area (Å²) in [5, 5.41) is 4.97. The second-order valence-corrected chi connectivity index (χ2v) is 16.5. The molecule has 0 spiro atoms. The highest BCUT2D eigenvalue weighted by Crippen LogP contribution is 2.53. The summed E-state index contributed by atoms with van der Waals surface area (Å²) in [6, 6.07) is 82.6. The molecule has 0 saturated heterocycles. The number of anilines is 3. The molecular weight excluding hydrogens is 723 g/mol. The van der Waals surface area contributed by atoms with E-state index < -0.39 is 0 Å². The molecule has 1 nitrogen and oxygen atoms in total. The number of rotatable bonds is 7. The number of fused-ring (bicyclic) bond motifs is 6. The zero-order valence-electron chi connectivity index (χ0n) is 33.8. The van der Waals surface area contributed by atoms with Crippen LogP contribution in [0, 0.1) is 0 Å². The van der Waals surface area contributed by atoms with Gasteiger partial charge in [-0.1, -0.05) is 202 Å². The van der Waals surface area contributed by atoms with Gasteiger partial charge in [-0.25, -0.2) is 0 Å². The normalized spacial score (nSPS) is 12.6. The molecule has 0 atom stereocenters. The van der Waals surface area contributed by atoms with Gasteiger partial charge >= 0.3 is 0 Å². The van der Waals surface area contributed by atoms with Gasteiger partial charge in [0, 0.05) is 22.4 Å². The quantitative estimate of drug-likeness (QED) is 0.146. The van der Waals surface area contributed by atoms with Crippen molar-refractivity contribution in [3.05, 3.63) is 236 Å². The third-order valence-electron chi connectivity index (χ3n) is 12.7. The Hall–Kier alpha value is -7.48. The van der Waals surface area contributed by atoms with Gasteiger partial charge in [-0.2, -0.15) is 0 Å². The summed E-state index contributed by atoms with van der Waals surface area (Å²) < 4.78 is 0. The number of hydrogen-bond acceptors (Lipinski definition) is 1. The van der Waals surface area contributed by atoms with E-state index in [9.17, 15) is 0 Å². The highest BCUT2D eigenvalue weighted by atomic mass is 15.1. The molecule has 11 rings (SSSR count). The first-order valence-corrected chi connectivity index (χ1v) is 20.9. The Morgan fingerprint density at radius 2 is 0.833 bits per heavy atom. The third kappa shape index (κ3) is 5.93. The number of benzene rings is 10. The van der Waals surface area contributed by atoms with Crippen LogP contribution in [-0.4, -0.2) is 0 Å². The number of nitrogens with zero attached hydrogens (tertiary/aromatic N) is 1. The Morgan fingerprint density at radius 1 is 0.317 bits per heavy atom. The first-order chi connectivity index (χ1) is 29.5. The third-order valence-corrected chi connectivity index (χ3v) is 12.7. The predicted octanol–water partition coefficient (Wildman–Crippen LogP) is 16.4. The van der Waals surface area contributed by atoms with Crippen molar-refractivity contribution in [1.82, 2.24) is 0 Å². The SMILES string of the molecule is CC1(C)c2ccccc2-c2ccc(N(c3ccc(-c4ccccc4)cc3)c3cccc(-c4ccc(-c5ccccc5)cc4)c3-c3cc4ccccc4c4ccccc34)cc21. The van der Waals surface area contributed by atoms with Gasteiger partial charge in [-0.15, -0.1) is 0 Å². The molecule has 0 aliphatic heterocycles. The maximum Gasteiger partial charge on any atom is 0.0546 e. The Morgan fingerprint density at radius 3 is 1.55 bits per heavy atom. The first-order valence-electron chi connectivity index (χ1n) is 20.9. The monoisotopic (exact) mass is 765 g/mol. The van der Waals surface area contributed by atoms with E-state index in [1.54, 1.807) is 0 Å². The van der Waals surface area contributed by atoms with Gasteiger partial charge in [0.2, 0.25) is 0 Å². The fraction of sp³-hybridized carbons (Fsp3) is 0.0508. The summed E-state index contributed by atoms with van der Waals surface area (Å²) >= 11 is 0. The van der Waals surface area contributed by atoms with Crippen LogP contribution in [0.5, 0.6) is 0 Å². The molecule has 0 aromatic heterocycles. The van der Waals surface area contributed by atoms with E-state index in [0.717, 1.165) is 17.1 Å². The zero-order chi connectivity index (χ0) is 40.2. The van der Waals surface area contributed by atoms with Crippen molar-refractivity contribution in [2.75, 3.05) is 4.90 Å². The Kier molecular flexibility index (Phi) is 8.57. The van der Waals surface area contributed by atoms with Crippen molar-refractivity contribution < 1.29 is 0 Å². The van der Waals surface area contributed by atoms with E-state index >= 15 is 0 Å². The average molecular weight is 766 g/mol. The molecule has 0 fully saturated rings. The van der Waals surface area contributed by atoms with Gasteiger partial charge in [0.25, 0.3) is 0 Å². The molecule has 284 valence electrons. The van der Waals surface area contributed by atoms with E-state index in [4.69, 9.17) is 0 Å². The van der Waals surface area contributed by atoms with Gasteiger partial charge in [-0.3, -0.25) is 0 Å². The lowest BCUT2D eigenvalue weighted by Gasteiger charge is -2.31. The second-order valence-electron chi connectivity index (χ2n) is 16.5. The lowest BCUT2D eigenvalue weighted by molar-refractivity contribution is 0.660. The molecule has 0 unspecified atom stereocenters. The maximum absolute atomic E-state index is 2.50. The van der Waals surface area contributed by atoms with Crippen molar-refractivity contribution in [1.29, 1.82) is 0 Å². The minimum atomic E-state index is -0.148. The van der Waals surface area contributed by atoms with E-state index in [0.29, 0.717) is 0 Å². The summed E-state index contributed by atoms with van der Waals surface area (Å²) in [7, 11) is 0. The summed E-state index contributed by atoms with van der Waals surface area (Å²) in [6.45, 7) is 4.74. The molecular formula is C59H43N. The Balaban J connectivity index is 1.19. The average Bonchev–Trinajstić information content (AvgIpc) is 3.55. The topological polar surface area (TPSA) is 3.24 Å². The molecule has 1 aliphatic rings. The molecule has 0 saturated carbocycles. The van der Waals surface area contributed by atoms with Crippen LogP contribution in [0.2, 0.25) is 0 Å². The van der Waals surface area contributed by atoms with Crippen LogP contribution >= 0.6 is 0 Å². The van der Waals surface area contributed by atoms with Crippen LogP contribution in [0.1, 0.15) is 25.0 Å². The zero-order valence-corrected chi connectivity index (χ0v) is 33.8. The van der Waals surface area contributed by atoms with Crippen molar-refractivity contribution in [2.45, 2.75) is 19.3 Å². The fourth-order valence-electron chi connectivity index (χ4n) is 9.68. The van der Waals surface area contributed by atoms with Gasteiger partial charge in [0.05, 0.1) is 5.69 Å². The molecule has 0 heterocycles. The summed E-state index contributed by atoms with van der Waals surface area (Å²) in [5.74, 6) is 0. The van der Waals surface area contributed by atoms with Gasteiger partial charge in [0.15, 0.2) is 0 Å². The van der Waals surface area contributed by atoms with E-state index in [1.807, 2.05) is 0 Å². The highest BCUT2D eigenvalue weighted by Gasteiger charge is 2.36. The first kappa shape index (κ1) is 35.7. The molecule has 0 N–H and O–H groups in total. The lowest BCUT2D eigenvalue weighted by Crippen LogP contribution is -2.17. The molecule has 0 amide bonds. The fourth-order valence-corrected chi connectivity index (χ4v) is 9.68. The van der Waals surface area contributed by atoms with Gasteiger partial charge in [0.1, 0.15) is 0 Å². The van der Waals surface area contributed by atoms with E-state index in [-0.39, 0.29) is 5.41 Å². The molecule has 0 radical (unpaired) electrons. The van der Waals surface area contributed by atoms with Crippen LogP contribution in [0.15, 0.2) is 224 Å². The predicted molar refractivity (Wildman–Crippen MR) is 255 cm³/mol. The van der Waals surface area contributed by atoms with Crippen LogP contribution in [-0.2, 0) is 5.41 Å². The van der Waals surface area contributed by atoms with E-state index in [1.165, 1.54) is 88.3 Å². The molecule has 1 heteroatoms. The maximum atomic E-state index is 2.50. The molecule has 1 aliphatic carbocycles. The molecule has 10 aromatic carbocycles. The number of hydrogen-bond donors (Lipinski definition) is 0. The largest absolute Gasteiger partial charge is 0.310 e. The summed E-state index contributed by atoms with van der Waals surface area (Å²) in [6.07, 6.45) is 0. The molecule has 60 heavy (non-hydrogen) atoms. The van der Waals surface area contributed by atoms with Crippen LogP contribution in [0.4, 0.5) is 17.1 Å².